The first kappa shape index (κ1) is 22.5. The Hall–Kier alpha value is -3.98. The highest BCUT2D eigenvalue weighted by Crippen LogP contribution is 2.28. The lowest BCUT2D eigenvalue weighted by Crippen LogP contribution is -2.48. The number of oxazole rings is 1. The van der Waals surface area contributed by atoms with Gasteiger partial charge < -0.3 is 14.6 Å². The van der Waals surface area contributed by atoms with E-state index >= 15 is 0 Å². The lowest BCUT2D eigenvalue weighted by molar-refractivity contribution is 0.0567. The van der Waals surface area contributed by atoms with Crippen molar-refractivity contribution in [2.75, 3.05) is 18.4 Å². The number of benzene rings is 2. The maximum Gasteiger partial charge on any atom is 0.417 e. The second-order valence-electron chi connectivity index (χ2n) is 9.84. The van der Waals surface area contributed by atoms with Crippen molar-refractivity contribution in [1.82, 2.24) is 24.8 Å². The van der Waals surface area contributed by atoms with Gasteiger partial charge in [0.2, 0.25) is 5.95 Å². The molecular formula is C27H28N6O3. The molecule has 0 radical (unpaired) electrons. The van der Waals surface area contributed by atoms with Crippen LogP contribution in [-0.4, -0.2) is 49.8 Å². The molecule has 4 aromatic rings. The monoisotopic (exact) mass is 484 g/mol. The number of nitrogens with zero attached hydrogens (tertiary/aromatic N) is 4. The van der Waals surface area contributed by atoms with Crippen LogP contribution in [0.4, 0.5) is 11.6 Å². The van der Waals surface area contributed by atoms with Gasteiger partial charge in [-0.2, -0.15) is 0 Å². The molecule has 184 valence electrons. The number of carbonyl (C=O) groups is 1. The van der Waals surface area contributed by atoms with E-state index in [0.29, 0.717) is 29.2 Å². The summed E-state index contributed by atoms with van der Waals surface area (Å²) in [5.41, 5.74) is 7.07. The summed E-state index contributed by atoms with van der Waals surface area (Å²) in [5.74, 6) is 0.0476. The second-order valence-corrected chi connectivity index (χ2v) is 9.84. The summed E-state index contributed by atoms with van der Waals surface area (Å²) in [6.07, 6.45) is 3.89. The van der Waals surface area contributed by atoms with Crippen LogP contribution in [0.5, 0.6) is 0 Å². The topological polar surface area (TPSA) is 107 Å². The van der Waals surface area contributed by atoms with Crippen molar-refractivity contribution in [2.24, 2.45) is 0 Å². The summed E-state index contributed by atoms with van der Waals surface area (Å²) >= 11 is 0. The Morgan fingerprint density at radius 2 is 1.97 bits per heavy atom. The molecule has 6 rings (SSSR count). The van der Waals surface area contributed by atoms with Gasteiger partial charge in [-0.25, -0.2) is 14.8 Å². The molecule has 0 spiro atoms. The second kappa shape index (κ2) is 8.91. The van der Waals surface area contributed by atoms with Gasteiger partial charge in [-0.05, 0) is 68.1 Å². The van der Waals surface area contributed by atoms with Gasteiger partial charge in [-0.15, -0.1) is 0 Å². The van der Waals surface area contributed by atoms with Crippen molar-refractivity contribution in [3.63, 3.8) is 0 Å². The molecule has 36 heavy (non-hydrogen) atoms. The maximum atomic E-state index is 13.2. The quantitative estimate of drug-likeness (QED) is 0.452. The predicted octanol–water partition coefficient (Wildman–Crippen LogP) is 3.89. The van der Waals surface area contributed by atoms with Crippen molar-refractivity contribution in [2.45, 2.75) is 45.8 Å². The Labute approximate surface area is 208 Å². The number of aromatic amines is 1. The highest BCUT2D eigenvalue weighted by atomic mass is 16.4. The van der Waals surface area contributed by atoms with Crippen molar-refractivity contribution in [1.29, 1.82) is 0 Å². The van der Waals surface area contributed by atoms with Crippen LogP contribution in [0.25, 0.3) is 11.1 Å². The minimum atomic E-state index is -0.517. The summed E-state index contributed by atoms with van der Waals surface area (Å²) in [7, 11) is 0. The van der Waals surface area contributed by atoms with Crippen LogP contribution in [0.2, 0.25) is 0 Å². The minimum absolute atomic E-state index is 0.0399. The fraction of sp³-hybridized carbons (Fsp3) is 0.333. The van der Waals surface area contributed by atoms with Crippen LogP contribution in [0.3, 0.4) is 0 Å². The van der Waals surface area contributed by atoms with Gasteiger partial charge in [0.15, 0.2) is 5.58 Å². The van der Waals surface area contributed by atoms with E-state index in [2.05, 4.69) is 52.2 Å². The summed E-state index contributed by atoms with van der Waals surface area (Å²) in [6, 6.07) is 11.7. The molecule has 0 bridgehead atoms. The Morgan fingerprint density at radius 1 is 1.14 bits per heavy atom. The zero-order valence-corrected chi connectivity index (χ0v) is 20.4. The van der Waals surface area contributed by atoms with E-state index in [9.17, 15) is 9.59 Å². The van der Waals surface area contributed by atoms with Crippen molar-refractivity contribution in [3.05, 3.63) is 81.1 Å². The van der Waals surface area contributed by atoms with Gasteiger partial charge in [0.1, 0.15) is 0 Å². The fourth-order valence-electron chi connectivity index (χ4n) is 5.37. The number of amides is 1. The van der Waals surface area contributed by atoms with Crippen LogP contribution in [0.15, 0.2) is 51.8 Å². The molecule has 1 saturated heterocycles. The Bertz CT molecular complexity index is 1500. The first-order chi connectivity index (χ1) is 17.4. The zero-order valence-electron chi connectivity index (χ0n) is 20.4. The largest absolute Gasteiger partial charge is 0.417 e. The number of anilines is 2. The number of H-pyrrole nitrogens is 1. The molecule has 2 aromatic carbocycles. The van der Waals surface area contributed by atoms with Gasteiger partial charge in [-0.1, -0.05) is 6.07 Å². The van der Waals surface area contributed by atoms with Crippen molar-refractivity contribution >= 4 is 28.6 Å². The molecule has 1 fully saturated rings. The Kier molecular flexibility index (Phi) is 5.56. The molecule has 2 aliphatic heterocycles. The average molecular weight is 485 g/mol. The lowest BCUT2D eigenvalue weighted by Gasteiger charge is -2.37. The van der Waals surface area contributed by atoms with Gasteiger partial charge in [0, 0.05) is 55.2 Å². The molecule has 0 aliphatic carbocycles. The molecule has 9 heteroatoms. The molecule has 0 saturated carbocycles. The summed E-state index contributed by atoms with van der Waals surface area (Å²) in [4.78, 5) is 41.0. The van der Waals surface area contributed by atoms with E-state index in [0.717, 1.165) is 49.4 Å². The van der Waals surface area contributed by atoms with Crippen molar-refractivity contribution in [3.8, 4) is 0 Å². The van der Waals surface area contributed by atoms with Crippen LogP contribution >= 0.6 is 0 Å². The van der Waals surface area contributed by atoms with Crippen LogP contribution in [0.1, 0.15) is 45.6 Å². The number of fused-ring (bicyclic) bond motifs is 2. The molecule has 1 unspecified atom stereocenters. The van der Waals surface area contributed by atoms with E-state index in [1.54, 1.807) is 18.2 Å². The zero-order chi connectivity index (χ0) is 24.8. The molecule has 1 atom stereocenters. The third-order valence-electron chi connectivity index (χ3n) is 7.03. The Morgan fingerprint density at radius 3 is 2.81 bits per heavy atom. The summed E-state index contributed by atoms with van der Waals surface area (Å²) in [5, 5.41) is 3.34. The molecule has 9 nitrogen and oxygen atoms in total. The minimum Gasteiger partial charge on any atom is -0.408 e. The average Bonchev–Trinajstić information content (AvgIpc) is 3.44. The number of piperidine rings is 1. The molecule has 1 amide bonds. The summed E-state index contributed by atoms with van der Waals surface area (Å²) < 4.78 is 5.13. The molecular weight excluding hydrogens is 456 g/mol. The molecule has 4 heterocycles. The van der Waals surface area contributed by atoms with E-state index in [1.807, 2.05) is 11.1 Å². The van der Waals surface area contributed by atoms with Crippen molar-refractivity contribution < 1.29 is 9.21 Å². The Balaban J connectivity index is 1.14. The molecule has 2 aromatic heterocycles. The maximum absolute atomic E-state index is 13.2. The number of nitrogens with one attached hydrogen (secondary N) is 2. The number of aromatic nitrogens is 3. The standard InChI is InChI=1S/C27H28N6O3/c1-16-8-17(2)10-20(9-16)29-26-28-12-19-13-33(15-23(19)30-26)21-4-3-7-32(14-21)25(34)18-5-6-22-24(11-18)36-27(35)31-22/h5-6,8-12,21H,3-4,7,13-15H2,1-2H3,(H,31,35)(H,28,29,30). The van der Waals surface area contributed by atoms with Gasteiger partial charge in [-0.3, -0.25) is 14.7 Å². The highest BCUT2D eigenvalue weighted by Gasteiger charge is 2.32. The summed E-state index contributed by atoms with van der Waals surface area (Å²) in [6.45, 7) is 7.05. The third-order valence-corrected chi connectivity index (χ3v) is 7.03. The van der Waals surface area contributed by atoms with Gasteiger partial charge in [0.25, 0.3) is 5.91 Å². The van der Waals surface area contributed by atoms with Crippen LogP contribution in [0, 0.1) is 13.8 Å². The molecule has 2 aliphatic rings. The van der Waals surface area contributed by atoms with E-state index in [4.69, 9.17) is 9.40 Å². The number of aryl methyl sites for hydroxylation is 2. The van der Waals surface area contributed by atoms with E-state index in [-0.39, 0.29) is 11.9 Å². The van der Waals surface area contributed by atoms with E-state index < -0.39 is 5.76 Å². The molecule has 2 N–H and O–H groups in total. The third kappa shape index (κ3) is 4.37. The first-order valence-corrected chi connectivity index (χ1v) is 12.3. The number of hydrogen-bond donors (Lipinski definition) is 2. The number of rotatable bonds is 4. The fourth-order valence-corrected chi connectivity index (χ4v) is 5.37. The first-order valence-electron chi connectivity index (χ1n) is 12.3. The van der Waals surface area contributed by atoms with Crippen LogP contribution < -0.4 is 11.1 Å². The van der Waals surface area contributed by atoms with E-state index in [1.165, 1.54) is 11.1 Å². The van der Waals surface area contributed by atoms with Gasteiger partial charge in [0.05, 0.1) is 11.2 Å². The lowest BCUT2D eigenvalue weighted by atomic mass is 10.0. The van der Waals surface area contributed by atoms with Crippen LogP contribution in [-0.2, 0) is 13.1 Å². The smallest absolute Gasteiger partial charge is 0.408 e. The predicted molar refractivity (Wildman–Crippen MR) is 136 cm³/mol. The SMILES string of the molecule is Cc1cc(C)cc(Nc2ncc3c(n2)CN(C2CCCN(C(=O)c4ccc5[nH]c(=O)oc5c4)C2)C3)c1. The number of carbonyl (C=O) groups excluding carboxylic acids is 1. The number of likely N-dealkylation sites (tertiary alicyclic amines) is 1. The number of hydrogen-bond acceptors (Lipinski definition) is 7. The highest BCUT2D eigenvalue weighted by molar-refractivity contribution is 5.97. The van der Waals surface area contributed by atoms with Gasteiger partial charge >= 0.3 is 5.76 Å². The normalized spacial score (nSPS) is 17.9.